The average Bonchev–Trinajstić information content (AvgIpc) is 2.96. The molecule has 1 atom stereocenters. The molecule has 1 aliphatic rings. The molecule has 0 bridgehead atoms. The second-order valence-electron chi connectivity index (χ2n) is 6.49. The molecule has 28 heavy (non-hydrogen) atoms. The van der Waals surface area contributed by atoms with E-state index in [0.717, 1.165) is 17.4 Å². The third-order valence-corrected chi connectivity index (χ3v) is 7.10. The summed E-state index contributed by atoms with van der Waals surface area (Å²) in [6, 6.07) is 4.32. The number of benzene rings is 1. The third-order valence-electron chi connectivity index (χ3n) is 4.53. The topological polar surface area (TPSA) is 98.0 Å². The van der Waals surface area contributed by atoms with E-state index in [9.17, 15) is 18.0 Å². The number of hydrogen-bond donors (Lipinski definition) is 0. The first kappa shape index (κ1) is 21.0. The average molecular weight is 446 g/mol. The van der Waals surface area contributed by atoms with E-state index in [2.05, 4.69) is 4.99 Å². The summed E-state index contributed by atoms with van der Waals surface area (Å²) in [6.45, 7) is 0.180. The van der Waals surface area contributed by atoms with E-state index in [-0.39, 0.29) is 6.54 Å². The highest BCUT2D eigenvalue weighted by Gasteiger charge is 2.34. The van der Waals surface area contributed by atoms with Crippen LogP contribution < -0.4 is 4.80 Å². The molecule has 2 aromatic rings. The molecular weight excluding hydrogens is 426 g/mol. The van der Waals surface area contributed by atoms with Crippen molar-refractivity contribution in [3.8, 4) is 0 Å². The molecule has 3 rings (SSSR count). The normalized spacial score (nSPS) is 19.1. The van der Waals surface area contributed by atoms with Gasteiger partial charge in [-0.1, -0.05) is 29.4 Å². The number of methoxy groups -OCH3 is 1. The van der Waals surface area contributed by atoms with Crippen molar-refractivity contribution in [2.45, 2.75) is 31.8 Å². The molecule has 0 saturated carbocycles. The van der Waals surface area contributed by atoms with Gasteiger partial charge in [-0.2, -0.15) is 9.30 Å². The Morgan fingerprint density at radius 1 is 1.36 bits per heavy atom. The van der Waals surface area contributed by atoms with E-state index < -0.39 is 27.9 Å². The van der Waals surface area contributed by atoms with Crippen molar-refractivity contribution in [2.24, 2.45) is 4.99 Å². The number of aromatic nitrogens is 1. The van der Waals surface area contributed by atoms with E-state index in [1.54, 1.807) is 22.8 Å². The largest absolute Gasteiger partial charge is 0.468 e. The quantitative estimate of drug-likeness (QED) is 0.668. The number of carbonyl (C=O) groups excluding carboxylic acids is 2. The molecule has 1 aromatic heterocycles. The number of hydrogen-bond acceptors (Lipinski definition) is 6. The molecule has 0 aliphatic carbocycles. The minimum atomic E-state index is -3.52. The molecule has 2 heterocycles. The van der Waals surface area contributed by atoms with Gasteiger partial charge in [0.15, 0.2) is 4.80 Å². The fourth-order valence-corrected chi connectivity index (χ4v) is 5.63. The second kappa shape index (κ2) is 8.32. The predicted octanol–water partition coefficient (Wildman–Crippen LogP) is 1.77. The number of esters is 1. The van der Waals surface area contributed by atoms with Crippen molar-refractivity contribution < 1.29 is 22.7 Å². The van der Waals surface area contributed by atoms with Crippen LogP contribution in [0.4, 0.5) is 0 Å². The zero-order valence-corrected chi connectivity index (χ0v) is 17.8. The van der Waals surface area contributed by atoms with Crippen LogP contribution in [0.5, 0.6) is 0 Å². The predicted molar refractivity (Wildman–Crippen MR) is 107 cm³/mol. The number of ether oxygens (including phenoxy) is 1. The summed E-state index contributed by atoms with van der Waals surface area (Å²) in [5.41, 5.74) is 0.690. The molecule has 1 fully saturated rings. The van der Waals surface area contributed by atoms with E-state index in [4.69, 9.17) is 16.3 Å². The smallest absolute Gasteiger partial charge is 0.325 e. The number of carbonyl (C=O) groups is 2. The monoisotopic (exact) mass is 445 g/mol. The van der Waals surface area contributed by atoms with Gasteiger partial charge in [-0.05, 0) is 31.0 Å². The van der Waals surface area contributed by atoms with Gasteiger partial charge >= 0.3 is 5.97 Å². The van der Waals surface area contributed by atoms with Crippen LogP contribution in [0.25, 0.3) is 10.2 Å². The first-order chi connectivity index (χ1) is 13.2. The van der Waals surface area contributed by atoms with Gasteiger partial charge < -0.3 is 9.30 Å². The number of fused-ring (bicyclic) bond motifs is 1. The molecule has 0 spiro atoms. The van der Waals surface area contributed by atoms with Crippen molar-refractivity contribution >= 4 is 55.1 Å². The van der Waals surface area contributed by atoms with Crippen LogP contribution in [-0.4, -0.2) is 55.1 Å². The van der Waals surface area contributed by atoms with Crippen LogP contribution in [0.3, 0.4) is 0 Å². The third kappa shape index (κ3) is 4.45. The molecule has 0 N–H and O–H groups in total. The highest BCUT2D eigenvalue weighted by atomic mass is 35.5. The van der Waals surface area contributed by atoms with Crippen LogP contribution in [0.1, 0.15) is 19.3 Å². The summed E-state index contributed by atoms with van der Waals surface area (Å²) in [5.74, 6) is -1.03. The van der Waals surface area contributed by atoms with Gasteiger partial charge in [0.2, 0.25) is 10.0 Å². The molecule has 152 valence electrons. The lowest BCUT2D eigenvalue weighted by molar-refractivity contribution is -0.141. The molecular formula is C17H20ClN3O5S2. The highest BCUT2D eigenvalue weighted by Crippen LogP contribution is 2.23. The first-order valence-corrected chi connectivity index (χ1v) is 11.7. The summed E-state index contributed by atoms with van der Waals surface area (Å²) >= 11 is 7.25. The summed E-state index contributed by atoms with van der Waals surface area (Å²) < 4.78 is 32.4. The fourth-order valence-electron chi connectivity index (χ4n) is 3.20. The Morgan fingerprint density at radius 3 is 2.79 bits per heavy atom. The summed E-state index contributed by atoms with van der Waals surface area (Å²) in [5, 5.41) is 0.521. The Balaban J connectivity index is 2.08. The number of piperidine rings is 1. The van der Waals surface area contributed by atoms with Crippen LogP contribution in [-0.2, 0) is 30.9 Å². The van der Waals surface area contributed by atoms with E-state index >= 15 is 0 Å². The molecule has 1 saturated heterocycles. The van der Waals surface area contributed by atoms with Gasteiger partial charge in [0.05, 0.1) is 23.6 Å². The Morgan fingerprint density at radius 2 is 2.11 bits per heavy atom. The zero-order chi connectivity index (χ0) is 20.5. The van der Waals surface area contributed by atoms with E-state index in [0.29, 0.717) is 34.7 Å². The zero-order valence-electron chi connectivity index (χ0n) is 15.4. The van der Waals surface area contributed by atoms with Crippen LogP contribution in [0.2, 0.25) is 5.02 Å². The number of nitrogens with zero attached hydrogens (tertiary/aromatic N) is 3. The Labute approximate surface area is 171 Å². The number of rotatable bonds is 4. The number of sulfonamides is 1. The standard InChI is InChI=1S/C17H20ClN3O5S2/c1-26-15(22)10-20-12-7-6-11(18)9-14(12)27-17(20)19-16(23)13-5-3-4-8-21(13)28(2,24)25/h6-7,9,13H,3-5,8,10H2,1-2H3. The number of thiazole rings is 1. The van der Waals surface area contributed by atoms with Gasteiger partial charge in [-0.3, -0.25) is 9.59 Å². The maximum Gasteiger partial charge on any atom is 0.325 e. The Bertz CT molecular complexity index is 1090. The van der Waals surface area contributed by atoms with Crippen LogP contribution >= 0.6 is 22.9 Å². The van der Waals surface area contributed by atoms with Gasteiger partial charge in [0, 0.05) is 11.6 Å². The minimum Gasteiger partial charge on any atom is -0.468 e. The Hall–Kier alpha value is -1.75. The minimum absolute atomic E-state index is 0.120. The Kier molecular flexibility index (Phi) is 6.23. The van der Waals surface area contributed by atoms with Crippen molar-refractivity contribution in [3.63, 3.8) is 0 Å². The number of halogens is 1. The van der Waals surface area contributed by atoms with Gasteiger partial charge in [-0.25, -0.2) is 8.42 Å². The van der Waals surface area contributed by atoms with Crippen molar-refractivity contribution in [2.75, 3.05) is 19.9 Å². The number of amides is 1. The van der Waals surface area contributed by atoms with Gasteiger partial charge in [-0.15, -0.1) is 0 Å². The molecule has 1 aliphatic heterocycles. The molecule has 1 unspecified atom stereocenters. The second-order valence-corrected chi connectivity index (χ2v) is 9.87. The van der Waals surface area contributed by atoms with Gasteiger partial charge in [0.25, 0.3) is 5.91 Å². The maximum atomic E-state index is 12.9. The lowest BCUT2D eigenvalue weighted by Gasteiger charge is -2.31. The van der Waals surface area contributed by atoms with Gasteiger partial charge in [0.1, 0.15) is 12.6 Å². The van der Waals surface area contributed by atoms with Crippen molar-refractivity contribution in [1.29, 1.82) is 0 Å². The van der Waals surface area contributed by atoms with E-state index in [1.165, 1.54) is 22.8 Å². The first-order valence-electron chi connectivity index (χ1n) is 8.62. The summed E-state index contributed by atoms with van der Waals surface area (Å²) in [7, 11) is -2.24. The van der Waals surface area contributed by atoms with Crippen LogP contribution in [0.15, 0.2) is 23.2 Å². The van der Waals surface area contributed by atoms with E-state index in [1.807, 2.05) is 0 Å². The molecule has 11 heteroatoms. The molecule has 0 radical (unpaired) electrons. The lowest BCUT2D eigenvalue weighted by Crippen LogP contribution is -2.47. The SMILES string of the molecule is COC(=O)Cn1c(=NC(=O)C2CCCCN2S(C)(=O)=O)sc2cc(Cl)ccc21. The fraction of sp³-hybridized carbons (Fsp3) is 0.471. The molecule has 1 amide bonds. The highest BCUT2D eigenvalue weighted by molar-refractivity contribution is 7.88. The molecule has 8 nitrogen and oxygen atoms in total. The molecule has 1 aromatic carbocycles. The van der Waals surface area contributed by atoms with Crippen LogP contribution in [0, 0.1) is 0 Å². The summed E-state index contributed by atoms with van der Waals surface area (Å²) in [4.78, 5) is 29.2. The lowest BCUT2D eigenvalue weighted by atomic mass is 10.0. The van der Waals surface area contributed by atoms with Crippen molar-refractivity contribution in [3.05, 3.63) is 28.0 Å². The maximum absolute atomic E-state index is 12.9. The summed E-state index contributed by atoms with van der Waals surface area (Å²) in [6.07, 6.45) is 2.98. The van der Waals surface area contributed by atoms with Crippen molar-refractivity contribution in [1.82, 2.24) is 8.87 Å².